The van der Waals surface area contributed by atoms with Gasteiger partial charge >= 0.3 is 0 Å². The third-order valence-electron chi connectivity index (χ3n) is 5.85. The molecule has 26 heavy (non-hydrogen) atoms. The van der Waals surface area contributed by atoms with E-state index in [0.717, 1.165) is 56.8 Å². The first-order chi connectivity index (χ1) is 12.5. The number of hydrogen-bond acceptors (Lipinski definition) is 7. The van der Waals surface area contributed by atoms with E-state index < -0.39 is 0 Å². The molecule has 1 aromatic rings. The number of piperazine rings is 1. The highest BCUT2D eigenvalue weighted by atomic mass is 16.1. The summed E-state index contributed by atoms with van der Waals surface area (Å²) >= 11 is 0. The van der Waals surface area contributed by atoms with Gasteiger partial charge in [-0.25, -0.2) is 0 Å². The van der Waals surface area contributed by atoms with Crippen molar-refractivity contribution in [3.05, 3.63) is 6.07 Å². The highest BCUT2D eigenvalue weighted by Crippen LogP contribution is 2.42. The standard InChI is InChI=1S/C18H29N7O/c1-12(26)20-15-11-25(10-14(15)13-3-4-13)17-9-16(21-18(19)22-17)24-7-5-23(2)6-8-24/h9,13-15H,3-8,10-11H2,1-2H3,(H,20,26)(H2,19,21,22)/t14-,15+/m1/s1. The molecule has 3 heterocycles. The molecule has 4 rings (SSSR count). The van der Waals surface area contributed by atoms with Gasteiger partial charge in [0.05, 0.1) is 6.04 Å². The lowest BCUT2D eigenvalue weighted by Gasteiger charge is -2.33. The molecular weight excluding hydrogens is 330 g/mol. The fourth-order valence-electron chi connectivity index (χ4n) is 4.23. The Morgan fingerprint density at radius 2 is 1.77 bits per heavy atom. The third-order valence-corrected chi connectivity index (χ3v) is 5.85. The van der Waals surface area contributed by atoms with Crippen molar-refractivity contribution >= 4 is 23.5 Å². The Kier molecular flexibility index (Phi) is 4.60. The van der Waals surface area contributed by atoms with Gasteiger partial charge in [0.25, 0.3) is 0 Å². The summed E-state index contributed by atoms with van der Waals surface area (Å²) in [7, 11) is 2.14. The Labute approximate surface area is 154 Å². The number of rotatable bonds is 4. The minimum absolute atomic E-state index is 0.0443. The van der Waals surface area contributed by atoms with Gasteiger partial charge in [0, 0.05) is 58.2 Å². The second-order valence-corrected chi connectivity index (χ2v) is 7.95. The summed E-state index contributed by atoms with van der Waals surface area (Å²) < 4.78 is 0. The topological polar surface area (TPSA) is 90.6 Å². The molecule has 0 spiro atoms. The first kappa shape index (κ1) is 17.3. The minimum atomic E-state index is 0.0443. The summed E-state index contributed by atoms with van der Waals surface area (Å²) in [5.74, 6) is 3.39. The summed E-state index contributed by atoms with van der Waals surface area (Å²) in [5.41, 5.74) is 6.03. The summed E-state index contributed by atoms with van der Waals surface area (Å²) in [4.78, 5) is 27.4. The molecule has 3 aliphatic rings. The van der Waals surface area contributed by atoms with Crippen LogP contribution < -0.4 is 20.9 Å². The van der Waals surface area contributed by atoms with Gasteiger partial charge in [-0.1, -0.05) is 0 Å². The molecule has 0 bridgehead atoms. The van der Waals surface area contributed by atoms with Crippen LogP contribution in [-0.4, -0.2) is 73.1 Å². The summed E-state index contributed by atoms with van der Waals surface area (Å²) in [6, 6.07) is 2.25. The second kappa shape index (κ2) is 6.90. The zero-order valence-electron chi connectivity index (χ0n) is 15.7. The monoisotopic (exact) mass is 359 g/mol. The van der Waals surface area contributed by atoms with Crippen LogP contribution in [0.5, 0.6) is 0 Å². The van der Waals surface area contributed by atoms with Crippen molar-refractivity contribution in [3.8, 4) is 0 Å². The Hall–Kier alpha value is -2.09. The van der Waals surface area contributed by atoms with E-state index >= 15 is 0 Å². The predicted molar refractivity (Wildman–Crippen MR) is 102 cm³/mol. The molecule has 8 heteroatoms. The number of nitrogens with one attached hydrogen (secondary N) is 1. The van der Waals surface area contributed by atoms with Gasteiger partial charge in [-0.3, -0.25) is 4.79 Å². The largest absolute Gasteiger partial charge is 0.368 e. The number of nitrogens with zero attached hydrogens (tertiary/aromatic N) is 5. The SMILES string of the molecule is CC(=O)N[C@H]1CN(c2cc(N3CCN(C)CC3)nc(N)n2)C[C@@H]1C1CC1. The van der Waals surface area contributed by atoms with Crippen LogP contribution >= 0.6 is 0 Å². The highest BCUT2D eigenvalue weighted by molar-refractivity contribution is 5.73. The maximum Gasteiger partial charge on any atom is 0.223 e. The van der Waals surface area contributed by atoms with Gasteiger partial charge in [0.1, 0.15) is 11.6 Å². The van der Waals surface area contributed by atoms with Gasteiger partial charge in [0.15, 0.2) is 0 Å². The maximum absolute atomic E-state index is 11.6. The number of anilines is 3. The molecule has 3 fully saturated rings. The Balaban J connectivity index is 1.52. The van der Waals surface area contributed by atoms with Crippen LogP contribution in [0.4, 0.5) is 17.6 Å². The Morgan fingerprint density at radius 1 is 1.12 bits per heavy atom. The molecule has 1 amide bonds. The zero-order valence-corrected chi connectivity index (χ0v) is 15.7. The number of nitrogen functional groups attached to an aromatic ring is 1. The van der Waals surface area contributed by atoms with E-state index in [9.17, 15) is 4.79 Å². The quantitative estimate of drug-likeness (QED) is 0.791. The van der Waals surface area contributed by atoms with E-state index in [1.165, 1.54) is 12.8 Å². The number of amides is 1. The highest BCUT2D eigenvalue weighted by Gasteiger charge is 2.43. The number of aromatic nitrogens is 2. The van der Waals surface area contributed by atoms with Gasteiger partial charge in [0.2, 0.25) is 11.9 Å². The fourth-order valence-corrected chi connectivity index (χ4v) is 4.23. The van der Waals surface area contributed by atoms with E-state index in [2.05, 4.69) is 43.1 Å². The van der Waals surface area contributed by atoms with Crippen LogP contribution in [0, 0.1) is 11.8 Å². The number of nitrogens with two attached hydrogens (primary N) is 1. The molecule has 2 saturated heterocycles. The first-order valence-corrected chi connectivity index (χ1v) is 9.59. The number of carbonyl (C=O) groups excluding carboxylic acids is 1. The summed E-state index contributed by atoms with van der Waals surface area (Å²) in [5, 5.41) is 3.14. The lowest BCUT2D eigenvalue weighted by molar-refractivity contribution is -0.119. The van der Waals surface area contributed by atoms with E-state index in [4.69, 9.17) is 5.73 Å². The Morgan fingerprint density at radius 3 is 2.38 bits per heavy atom. The smallest absolute Gasteiger partial charge is 0.223 e. The van der Waals surface area contributed by atoms with Crippen LogP contribution in [0.25, 0.3) is 0 Å². The molecule has 0 aromatic carbocycles. The zero-order chi connectivity index (χ0) is 18.3. The molecule has 0 radical (unpaired) electrons. The normalized spacial score (nSPS) is 27.0. The lowest BCUT2D eigenvalue weighted by Crippen LogP contribution is -2.45. The van der Waals surface area contributed by atoms with E-state index in [-0.39, 0.29) is 11.9 Å². The van der Waals surface area contributed by atoms with Crippen LogP contribution in [-0.2, 0) is 4.79 Å². The third kappa shape index (κ3) is 3.70. The van der Waals surface area contributed by atoms with Gasteiger partial charge in [-0.15, -0.1) is 0 Å². The van der Waals surface area contributed by atoms with Crippen LogP contribution in [0.15, 0.2) is 6.07 Å². The van der Waals surface area contributed by atoms with Crippen LogP contribution in [0.1, 0.15) is 19.8 Å². The van der Waals surface area contributed by atoms with E-state index in [1.807, 2.05) is 0 Å². The molecule has 142 valence electrons. The molecule has 1 saturated carbocycles. The van der Waals surface area contributed by atoms with Gasteiger partial charge < -0.3 is 25.8 Å². The second-order valence-electron chi connectivity index (χ2n) is 7.95. The van der Waals surface area contributed by atoms with Crippen LogP contribution in [0.3, 0.4) is 0 Å². The molecule has 3 N–H and O–H groups in total. The molecule has 8 nitrogen and oxygen atoms in total. The van der Waals surface area contributed by atoms with Crippen LogP contribution in [0.2, 0.25) is 0 Å². The molecule has 1 aliphatic carbocycles. The maximum atomic E-state index is 11.6. The molecule has 0 unspecified atom stereocenters. The summed E-state index contributed by atoms with van der Waals surface area (Å²) in [6.07, 6.45) is 2.54. The predicted octanol–water partition coefficient (Wildman–Crippen LogP) is 0.162. The van der Waals surface area contributed by atoms with Crippen molar-refractivity contribution in [1.29, 1.82) is 0 Å². The van der Waals surface area contributed by atoms with Crippen molar-refractivity contribution in [2.75, 3.05) is 61.8 Å². The van der Waals surface area contributed by atoms with Gasteiger partial charge in [-0.05, 0) is 25.8 Å². The average molecular weight is 359 g/mol. The molecular formula is C18H29N7O. The Bertz CT molecular complexity index is 670. The lowest BCUT2D eigenvalue weighted by atomic mass is 9.98. The van der Waals surface area contributed by atoms with Crippen molar-refractivity contribution in [2.45, 2.75) is 25.8 Å². The molecule has 2 aliphatic heterocycles. The number of carbonyl (C=O) groups is 1. The number of hydrogen-bond donors (Lipinski definition) is 2. The summed E-state index contributed by atoms with van der Waals surface area (Å²) in [6.45, 7) is 7.26. The molecule has 2 atom stereocenters. The van der Waals surface area contributed by atoms with Crippen molar-refractivity contribution in [3.63, 3.8) is 0 Å². The first-order valence-electron chi connectivity index (χ1n) is 9.59. The number of likely N-dealkylation sites (N-methyl/N-ethyl adjacent to an activating group) is 1. The van der Waals surface area contributed by atoms with Gasteiger partial charge in [-0.2, -0.15) is 9.97 Å². The molecule has 1 aromatic heterocycles. The van der Waals surface area contributed by atoms with Crippen molar-refractivity contribution in [2.24, 2.45) is 11.8 Å². The fraction of sp³-hybridized carbons (Fsp3) is 0.722. The van der Waals surface area contributed by atoms with E-state index in [0.29, 0.717) is 11.9 Å². The van der Waals surface area contributed by atoms with Crippen molar-refractivity contribution < 1.29 is 4.79 Å². The van der Waals surface area contributed by atoms with Crippen molar-refractivity contribution in [1.82, 2.24) is 20.2 Å². The van der Waals surface area contributed by atoms with E-state index in [1.54, 1.807) is 6.92 Å². The minimum Gasteiger partial charge on any atom is -0.368 e. The average Bonchev–Trinajstić information content (AvgIpc) is 3.35.